The van der Waals surface area contributed by atoms with Crippen molar-refractivity contribution >= 4 is 35.1 Å². The molecule has 1 fully saturated rings. The number of carbonyl (C=O) groups excluding carboxylic acids is 1. The summed E-state index contributed by atoms with van der Waals surface area (Å²) >= 11 is 11.6. The lowest BCUT2D eigenvalue weighted by molar-refractivity contribution is 0.0133. The van der Waals surface area contributed by atoms with Crippen molar-refractivity contribution in [2.45, 2.75) is 39.3 Å². The predicted molar refractivity (Wildman–Crippen MR) is 95.0 cm³/mol. The van der Waals surface area contributed by atoms with E-state index in [1.807, 2.05) is 27.7 Å². The molecule has 6 nitrogen and oxygen atoms in total. The van der Waals surface area contributed by atoms with Gasteiger partial charge in [-0.3, -0.25) is 5.41 Å². The van der Waals surface area contributed by atoms with Gasteiger partial charge in [-0.15, -0.1) is 0 Å². The van der Waals surface area contributed by atoms with Gasteiger partial charge >= 0.3 is 6.09 Å². The largest absolute Gasteiger partial charge is 0.444 e. The van der Waals surface area contributed by atoms with Gasteiger partial charge in [0.25, 0.3) is 0 Å². The van der Waals surface area contributed by atoms with Gasteiger partial charge in [-0.25, -0.2) is 14.2 Å². The number of amides is 1. The van der Waals surface area contributed by atoms with Crippen LogP contribution in [0.1, 0.15) is 33.3 Å². The molecule has 9 heteroatoms. The maximum Gasteiger partial charge on any atom is 0.410 e. The second-order valence-corrected chi connectivity index (χ2v) is 7.63. The zero-order chi connectivity index (χ0) is 18.9. The van der Waals surface area contributed by atoms with Crippen molar-refractivity contribution in [2.75, 3.05) is 19.6 Å². The van der Waals surface area contributed by atoms with E-state index in [0.29, 0.717) is 19.6 Å². The summed E-state index contributed by atoms with van der Waals surface area (Å²) < 4.78 is 19.0. The van der Waals surface area contributed by atoms with Crippen molar-refractivity contribution in [2.24, 2.45) is 0 Å². The third-order valence-corrected chi connectivity index (χ3v) is 4.26. The summed E-state index contributed by atoms with van der Waals surface area (Å²) in [6, 6.07) is 0.941. The predicted octanol–water partition coefficient (Wildman–Crippen LogP) is 3.79. The van der Waals surface area contributed by atoms with E-state index in [-0.39, 0.29) is 33.8 Å². The highest BCUT2D eigenvalue weighted by Gasteiger charge is 2.32. The first-order chi connectivity index (χ1) is 11.5. The molecular weight excluding hydrogens is 370 g/mol. The van der Waals surface area contributed by atoms with E-state index in [2.05, 4.69) is 4.98 Å². The summed E-state index contributed by atoms with van der Waals surface area (Å²) in [4.78, 5) is 19.2. The Morgan fingerprint density at radius 3 is 2.56 bits per heavy atom. The van der Waals surface area contributed by atoms with Crippen molar-refractivity contribution < 1.29 is 13.9 Å². The number of pyridine rings is 1. The van der Waals surface area contributed by atoms with Crippen molar-refractivity contribution in [3.63, 3.8) is 0 Å². The number of nitrogens with one attached hydrogen (secondary N) is 1. The average Bonchev–Trinajstić information content (AvgIpc) is 2.48. The van der Waals surface area contributed by atoms with Gasteiger partial charge in [-0.2, -0.15) is 0 Å². The Morgan fingerprint density at radius 2 is 2.00 bits per heavy atom. The Bertz CT molecular complexity index is 693. The molecule has 25 heavy (non-hydrogen) atoms. The van der Waals surface area contributed by atoms with Crippen LogP contribution in [0.15, 0.2) is 6.07 Å². The summed E-state index contributed by atoms with van der Waals surface area (Å²) in [7, 11) is 0. The Morgan fingerprint density at radius 1 is 1.36 bits per heavy atom. The molecule has 0 saturated carbocycles. The number of halogens is 3. The minimum absolute atomic E-state index is 0.0295. The number of nitrogens with zero attached hydrogens (tertiary/aromatic N) is 3. The fourth-order valence-electron chi connectivity index (χ4n) is 2.55. The molecule has 0 bridgehead atoms. The van der Waals surface area contributed by atoms with E-state index < -0.39 is 11.4 Å². The van der Waals surface area contributed by atoms with Crippen LogP contribution in [-0.4, -0.2) is 58.0 Å². The molecule has 1 aliphatic rings. The molecule has 0 spiro atoms. The number of hydrogen-bond donors (Lipinski definition) is 1. The number of carbonyl (C=O) groups is 1. The topological polar surface area (TPSA) is 69.5 Å². The summed E-state index contributed by atoms with van der Waals surface area (Å²) in [5, 5.41) is 7.98. The molecule has 1 saturated heterocycles. The third kappa shape index (κ3) is 4.73. The van der Waals surface area contributed by atoms with Crippen LogP contribution in [-0.2, 0) is 4.74 Å². The average molecular weight is 391 g/mol. The molecule has 1 aliphatic heterocycles. The Balaban J connectivity index is 2.10. The maximum absolute atomic E-state index is 13.7. The van der Waals surface area contributed by atoms with E-state index in [1.165, 1.54) is 0 Å². The first-order valence-electron chi connectivity index (χ1n) is 7.84. The third-order valence-electron chi connectivity index (χ3n) is 3.71. The van der Waals surface area contributed by atoms with Gasteiger partial charge in [0.2, 0.25) is 0 Å². The molecule has 2 heterocycles. The van der Waals surface area contributed by atoms with Gasteiger partial charge in [0.05, 0.1) is 5.56 Å². The molecule has 2 rings (SSSR count). The lowest BCUT2D eigenvalue weighted by Gasteiger charge is -2.41. The molecular formula is C16H21Cl2FN4O2. The van der Waals surface area contributed by atoms with E-state index >= 15 is 0 Å². The van der Waals surface area contributed by atoms with Crippen LogP contribution in [0.5, 0.6) is 0 Å². The number of aromatic nitrogens is 1. The fourth-order valence-corrected chi connectivity index (χ4v) is 2.96. The fraction of sp³-hybridized carbons (Fsp3) is 0.562. The molecule has 0 aromatic carbocycles. The van der Waals surface area contributed by atoms with Gasteiger partial charge in [0.1, 0.15) is 16.6 Å². The molecule has 1 amide bonds. The summed E-state index contributed by atoms with van der Waals surface area (Å²) in [6.45, 7) is 8.48. The highest BCUT2D eigenvalue weighted by Crippen LogP contribution is 2.24. The van der Waals surface area contributed by atoms with Gasteiger partial charge in [0, 0.05) is 25.7 Å². The quantitative estimate of drug-likeness (QED) is 0.449. The van der Waals surface area contributed by atoms with Gasteiger partial charge < -0.3 is 14.5 Å². The van der Waals surface area contributed by atoms with Crippen LogP contribution in [0.25, 0.3) is 0 Å². The summed E-state index contributed by atoms with van der Waals surface area (Å²) in [6.07, 6.45) is -0.386. The minimum Gasteiger partial charge on any atom is -0.444 e. The zero-order valence-electron chi connectivity index (χ0n) is 14.6. The normalized spacial score (nSPS) is 18.3. The van der Waals surface area contributed by atoms with E-state index in [9.17, 15) is 9.18 Å². The Labute approximate surface area is 156 Å². The second kappa shape index (κ2) is 7.33. The van der Waals surface area contributed by atoms with Crippen molar-refractivity contribution in [1.82, 2.24) is 14.8 Å². The molecule has 138 valence electrons. The summed E-state index contributed by atoms with van der Waals surface area (Å²) in [5.74, 6) is -0.685. The number of ether oxygens (including phenoxy) is 1. The van der Waals surface area contributed by atoms with Gasteiger partial charge in [0.15, 0.2) is 11.0 Å². The molecule has 1 unspecified atom stereocenters. The number of amidine groups is 1. The molecule has 0 radical (unpaired) electrons. The van der Waals surface area contributed by atoms with Crippen LogP contribution in [0, 0.1) is 11.2 Å². The van der Waals surface area contributed by atoms with Crippen molar-refractivity contribution in [3.8, 4) is 0 Å². The first kappa shape index (κ1) is 19.7. The monoisotopic (exact) mass is 390 g/mol. The zero-order valence-corrected chi connectivity index (χ0v) is 16.1. The van der Waals surface area contributed by atoms with Crippen molar-refractivity contribution in [1.29, 1.82) is 5.41 Å². The first-order valence-corrected chi connectivity index (χ1v) is 8.60. The van der Waals surface area contributed by atoms with E-state index in [0.717, 1.165) is 6.07 Å². The standard InChI is InChI=1S/C16H21Cl2FN4O2/c1-9-8-22(15(24)25-16(2,3)4)5-6-23(9)14(20)10-7-11(19)13(18)21-12(10)17/h7,9,20H,5-6,8H2,1-4H3. The highest BCUT2D eigenvalue weighted by molar-refractivity contribution is 6.34. The maximum atomic E-state index is 13.7. The smallest absolute Gasteiger partial charge is 0.410 e. The molecule has 1 N–H and O–H groups in total. The molecule has 1 aromatic rings. The number of rotatable bonds is 1. The van der Waals surface area contributed by atoms with Crippen LogP contribution in [0.4, 0.5) is 9.18 Å². The van der Waals surface area contributed by atoms with E-state index in [4.69, 9.17) is 33.3 Å². The number of hydrogen-bond acceptors (Lipinski definition) is 4. The van der Waals surface area contributed by atoms with Crippen LogP contribution in [0.2, 0.25) is 10.3 Å². The molecule has 0 aliphatic carbocycles. The molecule has 1 aromatic heterocycles. The lowest BCUT2D eigenvalue weighted by atomic mass is 10.1. The Kier molecular flexibility index (Phi) is 5.79. The van der Waals surface area contributed by atoms with E-state index in [1.54, 1.807) is 9.80 Å². The van der Waals surface area contributed by atoms with Crippen LogP contribution in [0.3, 0.4) is 0 Å². The van der Waals surface area contributed by atoms with Crippen LogP contribution < -0.4 is 0 Å². The summed E-state index contributed by atoms with van der Waals surface area (Å²) in [5.41, 5.74) is -0.398. The van der Waals surface area contributed by atoms with Crippen molar-refractivity contribution in [3.05, 3.63) is 27.8 Å². The second-order valence-electron chi connectivity index (χ2n) is 6.92. The van der Waals surface area contributed by atoms with Gasteiger partial charge in [-0.1, -0.05) is 23.2 Å². The highest BCUT2D eigenvalue weighted by atomic mass is 35.5. The lowest BCUT2D eigenvalue weighted by Crippen LogP contribution is -2.56. The minimum atomic E-state index is -0.731. The van der Waals surface area contributed by atoms with Gasteiger partial charge in [-0.05, 0) is 33.8 Å². The van der Waals surface area contributed by atoms with Crippen LogP contribution >= 0.6 is 23.2 Å². The number of piperazine rings is 1. The molecule has 1 atom stereocenters. The Hall–Kier alpha value is -1.60. The SMILES string of the molecule is CC1CN(C(=O)OC(C)(C)C)CCN1C(=N)c1cc(F)c(Cl)nc1Cl.